The van der Waals surface area contributed by atoms with Gasteiger partial charge < -0.3 is 16.3 Å². The van der Waals surface area contributed by atoms with Gasteiger partial charge in [-0.05, 0) is 59.5 Å². The second-order valence-corrected chi connectivity index (χ2v) is 8.73. The van der Waals surface area contributed by atoms with Crippen LogP contribution < -0.4 is 15.9 Å². The Morgan fingerprint density at radius 3 is 2.34 bits per heavy atom. The van der Waals surface area contributed by atoms with Crippen LogP contribution in [-0.4, -0.2) is 25.7 Å². The maximum atomic E-state index is 12.7. The number of hydrogen-bond acceptors (Lipinski definition) is 6. The van der Waals surface area contributed by atoms with Gasteiger partial charge in [0.25, 0.3) is 10.0 Å². The summed E-state index contributed by atoms with van der Waals surface area (Å²) in [6, 6.07) is 18.8. The summed E-state index contributed by atoms with van der Waals surface area (Å²) in [5.41, 5.74) is 2.88. The van der Waals surface area contributed by atoms with E-state index in [9.17, 15) is 18.3 Å². The Morgan fingerprint density at radius 2 is 1.75 bits per heavy atom. The summed E-state index contributed by atoms with van der Waals surface area (Å²) < 4.78 is 28.0. The van der Waals surface area contributed by atoms with Gasteiger partial charge in [-0.2, -0.15) is 5.10 Å². The van der Waals surface area contributed by atoms with Crippen molar-refractivity contribution in [2.24, 2.45) is 10.9 Å². The summed E-state index contributed by atoms with van der Waals surface area (Å²) in [6.07, 6.45) is 2.08. The average molecular weight is 453 g/mol. The average Bonchev–Trinajstić information content (AvgIpc) is 2.78. The molecule has 0 aliphatic heterocycles. The molecule has 0 heterocycles. The highest BCUT2D eigenvalue weighted by molar-refractivity contribution is 7.92. The molecule has 0 radical (unpaired) electrons. The monoisotopic (exact) mass is 452 g/mol. The topological polar surface area (TPSA) is 134 Å². The third-order valence-electron chi connectivity index (χ3n) is 4.75. The molecular formula is C23H24N4O4S. The molecule has 1 atom stereocenters. The smallest absolute Gasteiger partial charge is 0.330 e. The van der Waals surface area contributed by atoms with Crippen LogP contribution in [0.15, 0.2) is 82.8 Å². The number of aliphatic carboxylic acids is 1. The Balaban J connectivity index is 1.93. The van der Waals surface area contributed by atoms with Gasteiger partial charge in [0, 0.05) is 11.4 Å². The molecule has 0 bridgehead atoms. The van der Waals surface area contributed by atoms with E-state index in [1.807, 2.05) is 6.92 Å². The van der Waals surface area contributed by atoms with Gasteiger partial charge in [0.1, 0.15) is 0 Å². The molecule has 3 rings (SSSR count). The Labute approximate surface area is 186 Å². The van der Waals surface area contributed by atoms with E-state index in [4.69, 9.17) is 5.84 Å². The van der Waals surface area contributed by atoms with Crippen molar-refractivity contribution in [3.63, 3.8) is 0 Å². The molecule has 0 aliphatic rings. The zero-order valence-corrected chi connectivity index (χ0v) is 18.2. The molecule has 0 amide bonds. The minimum Gasteiger partial charge on any atom is -0.479 e. The van der Waals surface area contributed by atoms with Crippen molar-refractivity contribution in [3.05, 3.63) is 89.5 Å². The molecule has 0 spiro atoms. The van der Waals surface area contributed by atoms with E-state index in [2.05, 4.69) is 15.1 Å². The summed E-state index contributed by atoms with van der Waals surface area (Å²) in [7, 11) is -3.81. The van der Waals surface area contributed by atoms with E-state index >= 15 is 0 Å². The number of rotatable bonds is 9. The highest BCUT2D eigenvalue weighted by Gasteiger charge is 2.22. The van der Waals surface area contributed by atoms with Crippen LogP contribution in [0.1, 0.15) is 29.7 Å². The summed E-state index contributed by atoms with van der Waals surface area (Å²) in [4.78, 5) is 12.2. The van der Waals surface area contributed by atoms with E-state index in [0.29, 0.717) is 23.4 Å². The fraction of sp³-hybridized carbons (Fsp3) is 0.130. The van der Waals surface area contributed by atoms with Crippen LogP contribution in [0.4, 0.5) is 11.4 Å². The molecule has 32 heavy (non-hydrogen) atoms. The summed E-state index contributed by atoms with van der Waals surface area (Å²) in [5, 5.41) is 16.3. The Kier molecular flexibility index (Phi) is 7.11. The molecule has 0 aromatic heterocycles. The van der Waals surface area contributed by atoms with Crippen LogP contribution in [0.5, 0.6) is 0 Å². The molecule has 1 unspecified atom stereocenters. The fourth-order valence-electron chi connectivity index (χ4n) is 3.17. The van der Waals surface area contributed by atoms with E-state index in [1.165, 1.54) is 24.4 Å². The van der Waals surface area contributed by atoms with Crippen LogP contribution in [0.2, 0.25) is 0 Å². The molecule has 8 nitrogen and oxygen atoms in total. The first-order valence-corrected chi connectivity index (χ1v) is 11.3. The standard InChI is InChI=1S/C23H24N4O4S/c1-2-16-12-18(14-20(13-16)27-32(30,31)21-6-4-3-5-7-21)22(23(28)29)26-19-10-8-17(9-11-19)15-25-24/h3-15,22,26-27H,2,24H2,1H3,(H,28,29). The number of anilines is 2. The molecule has 0 aliphatic carbocycles. The van der Waals surface area contributed by atoms with Gasteiger partial charge in [-0.25, -0.2) is 13.2 Å². The van der Waals surface area contributed by atoms with E-state index in [1.54, 1.807) is 54.6 Å². The SMILES string of the molecule is CCc1cc(NS(=O)(=O)c2ccccc2)cc(C(Nc2ccc(C=NN)cc2)C(=O)O)c1. The minimum absolute atomic E-state index is 0.123. The largest absolute Gasteiger partial charge is 0.479 e. The van der Waals surface area contributed by atoms with Crippen molar-refractivity contribution in [1.82, 2.24) is 0 Å². The highest BCUT2D eigenvalue weighted by atomic mass is 32.2. The second-order valence-electron chi connectivity index (χ2n) is 7.05. The van der Waals surface area contributed by atoms with Gasteiger partial charge in [-0.15, -0.1) is 0 Å². The van der Waals surface area contributed by atoms with Crippen LogP contribution in [-0.2, 0) is 21.2 Å². The number of sulfonamides is 1. The molecule has 3 aromatic carbocycles. The van der Waals surface area contributed by atoms with Crippen LogP contribution >= 0.6 is 0 Å². The Bertz CT molecular complexity index is 1210. The zero-order chi connectivity index (χ0) is 23.1. The number of nitrogens with one attached hydrogen (secondary N) is 2. The molecule has 9 heteroatoms. The maximum absolute atomic E-state index is 12.7. The van der Waals surface area contributed by atoms with Crippen molar-refractivity contribution < 1.29 is 18.3 Å². The van der Waals surface area contributed by atoms with E-state index in [0.717, 1.165) is 11.1 Å². The lowest BCUT2D eigenvalue weighted by molar-refractivity contribution is -0.138. The molecule has 0 fully saturated rings. The molecule has 0 saturated carbocycles. The number of nitrogens with zero attached hydrogens (tertiary/aromatic N) is 1. The highest BCUT2D eigenvalue weighted by Crippen LogP contribution is 2.26. The number of aryl methyl sites for hydroxylation is 1. The van der Waals surface area contributed by atoms with E-state index in [-0.39, 0.29) is 4.90 Å². The summed E-state index contributed by atoms with van der Waals surface area (Å²) in [6.45, 7) is 1.91. The predicted octanol–water partition coefficient (Wildman–Crippen LogP) is 3.58. The van der Waals surface area contributed by atoms with Crippen LogP contribution in [0.25, 0.3) is 0 Å². The number of nitrogens with two attached hydrogens (primary N) is 1. The lowest BCUT2D eigenvalue weighted by atomic mass is 10.0. The number of hydrazone groups is 1. The minimum atomic E-state index is -3.81. The molecule has 3 aromatic rings. The van der Waals surface area contributed by atoms with Crippen molar-refractivity contribution in [3.8, 4) is 0 Å². The lowest BCUT2D eigenvalue weighted by Gasteiger charge is -2.19. The van der Waals surface area contributed by atoms with Gasteiger partial charge in [-0.3, -0.25) is 4.72 Å². The van der Waals surface area contributed by atoms with Crippen molar-refractivity contribution in [1.29, 1.82) is 0 Å². The zero-order valence-electron chi connectivity index (χ0n) is 17.4. The van der Waals surface area contributed by atoms with Crippen LogP contribution in [0.3, 0.4) is 0 Å². The number of carbonyl (C=O) groups is 1. The first-order chi connectivity index (χ1) is 15.3. The second kappa shape index (κ2) is 9.97. The summed E-state index contributed by atoms with van der Waals surface area (Å²) in [5.74, 6) is 4.05. The van der Waals surface area contributed by atoms with Crippen molar-refractivity contribution in [2.75, 3.05) is 10.0 Å². The number of benzene rings is 3. The first kappa shape index (κ1) is 22.8. The van der Waals surface area contributed by atoms with Crippen LogP contribution in [0, 0.1) is 0 Å². The predicted molar refractivity (Wildman–Crippen MR) is 125 cm³/mol. The van der Waals surface area contributed by atoms with Crippen molar-refractivity contribution in [2.45, 2.75) is 24.3 Å². The molecule has 166 valence electrons. The third-order valence-corrected chi connectivity index (χ3v) is 6.15. The fourth-order valence-corrected chi connectivity index (χ4v) is 4.23. The van der Waals surface area contributed by atoms with Gasteiger partial charge >= 0.3 is 5.97 Å². The number of carboxylic acids is 1. The normalized spacial score (nSPS) is 12.4. The van der Waals surface area contributed by atoms with Gasteiger partial charge in [0.15, 0.2) is 6.04 Å². The molecule has 0 saturated heterocycles. The Hall–Kier alpha value is -3.85. The Morgan fingerprint density at radius 1 is 1.06 bits per heavy atom. The quantitative estimate of drug-likeness (QED) is 0.223. The number of carboxylic acid groups (broad SMARTS) is 1. The first-order valence-electron chi connectivity index (χ1n) is 9.87. The van der Waals surface area contributed by atoms with E-state index < -0.39 is 22.0 Å². The van der Waals surface area contributed by atoms with Gasteiger partial charge in [0.2, 0.25) is 0 Å². The third kappa shape index (κ3) is 5.64. The maximum Gasteiger partial charge on any atom is 0.330 e. The van der Waals surface area contributed by atoms with Crippen molar-refractivity contribution >= 4 is 33.6 Å². The van der Waals surface area contributed by atoms with Gasteiger partial charge in [-0.1, -0.05) is 43.3 Å². The summed E-state index contributed by atoms with van der Waals surface area (Å²) >= 11 is 0. The van der Waals surface area contributed by atoms with Gasteiger partial charge in [0.05, 0.1) is 11.1 Å². The number of hydrogen-bond donors (Lipinski definition) is 4. The molecular weight excluding hydrogens is 428 g/mol. The lowest BCUT2D eigenvalue weighted by Crippen LogP contribution is -2.21. The molecule has 5 N–H and O–H groups in total.